The van der Waals surface area contributed by atoms with Crippen LogP contribution >= 0.6 is 15.6 Å². The Morgan fingerprint density at radius 3 is 2.18 bits per heavy atom. The Morgan fingerprint density at radius 2 is 1.58 bits per heavy atom. The van der Waals surface area contributed by atoms with Crippen LogP contribution in [0, 0.1) is 0 Å². The lowest BCUT2D eigenvalue weighted by Crippen LogP contribution is -2.66. The maximum atomic E-state index is 13.3. The van der Waals surface area contributed by atoms with E-state index < -0.39 is 162 Å². The molecule has 0 aromatic carbocycles. The van der Waals surface area contributed by atoms with Gasteiger partial charge in [0, 0.05) is 32.2 Å². The number of nitrogens with two attached hydrogens (primary N) is 1. The van der Waals surface area contributed by atoms with Gasteiger partial charge in [-0.1, -0.05) is 0 Å². The molecule has 1 aromatic heterocycles. The third-order valence-corrected chi connectivity index (χ3v) is 12.5. The van der Waals surface area contributed by atoms with Gasteiger partial charge in [0.25, 0.3) is 5.56 Å². The number of H-pyrrole nitrogens is 1. The lowest BCUT2D eigenvalue weighted by atomic mass is 9.96. The van der Waals surface area contributed by atoms with Gasteiger partial charge in [-0.2, -0.15) is 4.31 Å². The first-order chi connectivity index (χ1) is 31.2. The summed E-state index contributed by atoms with van der Waals surface area (Å²) in [5, 5.41) is 69.2. The summed E-state index contributed by atoms with van der Waals surface area (Å²) in [7, 11) is -11.6. The van der Waals surface area contributed by atoms with Crippen molar-refractivity contribution in [3.8, 4) is 0 Å². The molecule has 67 heavy (non-hydrogen) atoms. The second-order valence-electron chi connectivity index (χ2n) is 15.1. The molecular formula is C34H55N7O24P2. The Balaban J connectivity index is 1.67. The quantitative estimate of drug-likeness (QED) is 0.0304. The van der Waals surface area contributed by atoms with Crippen molar-refractivity contribution in [3.63, 3.8) is 0 Å². The third kappa shape index (κ3) is 17.2. The zero-order chi connectivity index (χ0) is 50.6. The first-order valence-corrected chi connectivity index (χ1v) is 23.1. The molecule has 380 valence electrons. The number of aliphatic hydroxyl groups excluding tert-OH is 4. The fraction of sp³-hybridized carbons (Fsp3) is 0.706. The Labute approximate surface area is 378 Å². The van der Waals surface area contributed by atoms with E-state index in [1.54, 1.807) is 0 Å². The highest BCUT2D eigenvalue weighted by Crippen LogP contribution is 2.61. The van der Waals surface area contributed by atoms with Crippen molar-refractivity contribution >= 4 is 51.2 Å². The molecule has 2 aliphatic rings. The average Bonchev–Trinajstić information content (AvgIpc) is 3.51. The molecule has 1 aromatic rings. The number of aromatic amines is 1. The van der Waals surface area contributed by atoms with Gasteiger partial charge in [-0.3, -0.25) is 52.2 Å². The van der Waals surface area contributed by atoms with Crippen molar-refractivity contribution in [1.82, 2.24) is 30.8 Å². The Hall–Kier alpha value is -4.56. The number of aliphatic hydroxyl groups is 4. The fourth-order valence-corrected chi connectivity index (χ4v) is 8.54. The van der Waals surface area contributed by atoms with Crippen LogP contribution in [-0.4, -0.2) is 178 Å². The molecule has 0 aliphatic carbocycles. The van der Waals surface area contributed by atoms with E-state index in [-0.39, 0.29) is 19.4 Å². The number of hydrogen-bond acceptors (Lipinski definition) is 21. The number of unbranched alkanes of at least 4 members (excludes halogenated alkanes) is 1. The number of phosphoric ester groups is 2. The zero-order valence-corrected chi connectivity index (χ0v) is 37.6. The van der Waals surface area contributed by atoms with Crippen LogP contribution in [-0.2, 0) is 65.5 Å². The number of phosphoric acid groups is 2. The van der Waals surface area contributed by atoms with Gasteiger partial charge in [-0.05, 0) is 39.5 Å². The van der Waals surface area contributed by atoms with Crippen molar-refractivity contribution in [3.05, 3.63) is 33.1 Å². The van der Waals surface area contributed by atoms with Crippen LogP contribution in [0.1, 0.15) is 59.1 Å². The molecule has 0 saturated carbocycles. The van der Waals surface area contributed by atoms with Crippen LogP contribution in [0.25, 0.3) is 0 Å². The van der Waals surface area contributed by atoms with Crippen molar-refractivity contribution < 1.29 is 106 Å². The molecule has 15 atom stereocenters. The molecule has 4 amide bonds. The van der Waals surface area contributed by atoms with E-state index >= 15 is 0 Å². The normalized spacial score (nSPS) is 27.5. The number of carboxylic acid groups (broad SMARTS) is 2. The second-order valence-corrected chi connectivity index (χ2v) is 18.1. The molecule has 3 rings (SSSR count). The third-order valence-electron chi connectivity index (χ3n) is 9.85. The number of nitrogens with one attached hydrogen (secondary N) is 5. The summed E-state index contributed by atoms with van der Waals surface area (Å²) < 4.78 is 56.9. The summed E-state index contributed by atoms with van der Waals surface area (Å²) in [4.78, 5) is 120. The van der Waals surface area contributed by atoms with E-state index in [1.807, 2.05) is 4.98 Å². The minimum absolute atomic E-state index is 0.0227. The van der Waals surface area contributed by atoms with E-state index in [4.69, 9.17) is 34.7 Å². The van der Waals surface area contributed by atoms with E-state index in [2.05, 4.69) is 30.1 Å². The van der Waals surface area contributed by atoms with Gasteiger partial charge in [0.2, 0.25) is 23.6 Å². The van der Waals surface area contributed by atoms with Gasteiger partial charge < -0.3 is 81.6 Å². The summed E-state index contributed by atoms with van der Waals surface area (Å²) in [6.45, 7) is 1.01. The summed E-state index contributed by atoms with van der Waals surface area (Å²) >= 11 is 0. The predicted octanol–water partition coefficient (Wildman–Crippen LogP) is -5.68. The largest absolute Gasteiger partial charge is 0.483 e. The van der Waals surface area contributed by atoms with Gasteiger partial charge in [0.1, 0.15) is 66.9 Å². The number of aliphatic carboxylic acids is 2. The number of amides is 4. The molecule has 2 fully saturated rings. The van der Waals surface area contributed by atoms with Crippen LogP contribution in [0.4, 0.5) is 0 Å². The van der Waals surface area contributed by atoms with Crippen molar-refractivity contribution in [1.29, 1.82) is 0 Å². The SMILES string of the molecule is CC(=O)N[C@H]1C(OP(=O)(O)OP(=O)(O)OC[C@H]2O[C@@H](n3ccc(=O)[nH]c3=O)[C@H](O)[C@@H]2O)O[C@H](CO)[C@@H](O)[C@@H]1O[C@H](C)C(=O)N[C@@H](C)C(=O)N[C@H](CCC(=O)O)C(=O)NCCCC[C@@H](N)C(=O)O. The Kier molecular flexibility index (Phi) is 21.3. The van der Waals surface area contributed by atoms with Gasteiger partial charge >= 0.3 is 33.3 Å². The second kappa shape index (κ2) is 25.2. The summed E-state index contributed by atoms with van der Waals surface area (Å²) in [6.07, 6.45) is -16.0. The summed E-state index contributed by atoms with van der Waals surface area (Å²) in [5.41, 5.74) is 3.59. The first-order valence-electron chi connectivity index (χ1n) is 20.1. The van der Waals surface area contributed by atoms with Crippen LogP contribution < -0.4 is 38.2 Å². The Morgan fingerprint density at radius 1 is 0.910 bits per heavy atom. The number of hydrogen-bond donors (Lipinski definition) is 14. The van der Waals surface area contributed by atoms with Crippen LogP contribution in [0.5, 0.6) is 0 Å². The standard InChI is InChI=1S/C34H55N7O24P2/c1-14(28(50)39-18(7-8-22(45)46)30(52)36-10-5-4-6-17(35)32(53)54)37-29(51)15(2)61-27-23(38-16(3)43)33(63-19(12-42)25(27)48)64-67(58,59)65-66(56,57)60-13-20-24(47)26(49)31(62-20)41-11-9-21(44)40-34(41)55/h9,11,14-15,17-20,23-27,31,33,42,47-49H,4-8,10,12-13,35H2,1-3H3,(H,36,52)(H,37,51)(H,38,43)(H,39,50)(H,45,46)(H,53,54)(H,56,57)(H,58,59)(H,40,44,55)/t14-,15+,17+,18+,19+,20+,23+,24+,25+,26+,27+,31+,33?/m0/s1. The molecule has 2 aliphatic heterocycles. The number of carbonyl (C=O) groups excluding carboxylic acids is 4. The maximum Gasteiger partial charge on any atom is 0.483 e. The number of carboxylic acids is 2. The number of nitrogens with zero attached hydrogens (tertiary/aromatic N) is 1. The van der Waals surface area contributed by atoms with E-state index in [9.17, 15) is 77.7 Å². The fourth-order valence-electron chi connectivity index (χ4n) is 6.38. The predicted molar refractivity (Wildman–Crippen MR) is 218 cm³/mol. The molecule has 0 radical (unpaired) electrons. The molecule has 3 heterocycles. The molecule has 31 nitrogen and oxygen atoms in total. The molecule has 0 spiro atoms. The number of ether oxygens (including phenoxy) is 3. The number of carbonyl (C=O) groups is 6. The molecule has 0 bridgehead atoms. The average molecular weight is 1010 g/mol. The molecular weight excluding hydrogens is 952 g/mol. The molecule has 3 unspecified atom stereocenters. The highest BCUT2D eigenvalue weighted by molar-refractivity contribution is 7.61. The van der Waals surface area contributed by atoms with Gasteiger partial charge in [-0.15, -0.1) is 0 Å². The van der Waals surface area contributed by atoms with E-state index in [0.717, 1.165) is 26.1 Å². The maximum absolute atomic E-state index is 13.3. The van der Waals surface area contributed by atoms with E-state index in [1.165, 1.54) is 6.92 Å². The minimum Gasteiger partial charge on any atom is -0.481 e. The monoisotopic (exact) mass is 1010 g/mol. The lowest BCUT2D eigenvalue weighted by Gasteiger charge is -2.44. The first kappa shape index (κ1) is 56.8. The smallest absolute Gasteiger partial charge is 0.481 e. The highest BCUT2D eigenvalue weighted by atomic mass is 31.3. The number of rotatable bonds is 26. The molecule has 2 saturated heterocycles. The Bertz CT molecular complexity index is 2130. The van der Waals surface area contributed by atoms with Gasteiger partial charge in [0.05, 0.1) is 13.2 Å². The minimum atomic E-state index is -5.91. The molecule has 15 N–H and O–H groups in total. The van der Waals surface area contributed by atoms with Crippen molar-refractivity contribution in [2.75, 3.05) is 19.8 Å². The van der Waals surface area contributed by atoms with Gasteiger partial charge in [0.15, 0.2) is 12.5 Å². The van der Waals surface area contributed by atoms with E-state index in [0.29, 0.717) is 17.4 Å². The lowest BCUT2D eigenvalue weighted by molar-refractivity contribution is -0.261. The van der Waals surface area contributed by atoms with Crippen LogP contribution in [0.3, 0.4) is 0 Å². The topological polar surface area (TPSA) is 483 Å². The van der Waals surface area contributed by atoms with Crippen molar-refractivity contribution in [2.45, 2.75) is 132 Å². The highest BCUT2D eigenvalue weighted by Gasteiger charge is 2.52. The van der Waals surface area contributed by atoms with Crippen LogP contribution in [0.2, 0.25) is 0 Å². The van der Waals surface area contributed by atoms with Gasteiger partial charge in [-0.25, -0.2) is 13.9 Å². The zero-order valence-electron chi connectivity index (χ0n) is 35.8. The molecule has 33 heteroatoms. The summed E-state index contributed by atoms with van der Waals surface area (Å²) in [6, 6.07) is -4.97. The van der Waals surface area contributed by atoms with Crippen molar-refractivity contribution in [2.24, 2.45) is 5.73 Å². The summed E-state index contributed by atoms with van der Waals surface area (Å²) in [5.74, 6) is -6.27. The van der Waals surface area contributed by atoms with Crippen LogP contribution in [0.15, 0.2) is 21.9 Å². The number of aromatic nitrogens is 2.